The minimum absolute atomic E-state index is 0.159. The van der Waals surface area contributed by atoms with Gasteiger partial charge in [0.1, 0.15) is 11.4 Å². The van der Waals surface area contributed by atoms with Gasteiger partial charge < -0.3 is 9.47 Å². The lowest BCUT2D eigenvalue weighted by Crippen LogP contribution is -2.16. The highest BCUT2D eigenvalue weighted by atomic mass is 16.5. The Balaban J connectivity index is 1.99. The molecule has 2 heteroatoms. The molecular weight excluding hydrogens is 236 g/mol. The third kappa shape index (κ3) is 1.59. The summed E-state index contributed by atoms with van der Waals surface area (Å²) in [5.41, 5.74) is 3.90. The Morgan fingerprint density at radius 2 is 1.79 bits per heavy atom. The molecule has 0 aromatic heterocycles. The maximum absolute atomic E-state index is 5.93. The number of hydrogen-bond acceptors (Lipinski definition) is 2. The highest BCUT2D eigenvalue weighted by Gasteiger charge is 2.68. The summed E-state index contributed by atoms with van der Waals surface area (Å²) in [6.45, 7) is 4.35. The molecule has 0 N–H and O–H groups in total. The molecule has 2 aliphatic rings. The van der Waals surface area contributed by atoms with Crippen molar-refractivity contribution in [2.24, 2.45) is 11.8 Å². The van der Waals surface area contributed by atoms with E-state index in [4.69, 9.17) is 9.47 Å². The lowest BCUT2D eigenvalue weighted by atomic mass is 9.97. The van der Waals surface area contributed by atoms with Crippen LogP contribution in [-0.2, 0) is 10.3 Å². The third-order valence-electron chi connectivity index (χ3n) is 4.48. The molecule has 1 aromatic rings. The second kappa shape index (κ2) is 4.24. The van der Waals surface area contributed by atoms with Crippen LogP contribution in [0, 0.1) is 11.8 Å². The summed E-state index contributed by atoms with van der Waals surface area (Å²) < 4.78 is 11.2. The van der Waals surface area contributed by atoms with Crippen molar-refractivity contribution >= 4 is 0 Å². The van der Waals surface area contributed by atoms with Gasteiger partial charge in [-0.1, -0.05) is 29.9 Å². The fourth-order valence-corrected chi connectivity index (χ4v) is 3.46. The van der Waals surface area contributed by atoms with Gasteiger partial charge in [0.25, 0.3) is 0 Å². The van der Waals surface area contributed by atoms with Gasteiger partial charge in [-0.15, -0.1) is 0 Å². The Morgan fingerprint density at radius 1 is 1.11 bits per heavy atom. The fourth-order valence-electron chi connectivity index (χ4n) is 3.46. The smallest absolute Gasteiger partial charge is 0.118 e. The number of ether oxygens (including phenoxy) is 2. The van der Waals surface area contributed by atoms with E-state index in [9.17, 15) is 0 Å². The maximum atomic E-state index is 5.93. The van der Waals surface area contributed by atoms with E-state index in [0.717, 1.165) is 5.75 Å². The van der Waals surface area contributed by atoms with Crippen LogP contribution >= 0.6 is 0 Å². The first-order chi connectivity index (χ1) is 9.15. The molecule has 2 nitrogen and oxygen atoms in total. The van der Waals surface area contributed by atoms with E-state index in [2.05, 4.69) is 38.1 Å². The lowest BCUT2D eigenvalue weighted by molar-refractivity contribution is 0.0594. The first-order valence-electron chi connectivity index (χ1n) is 6.70. The number of hydrogen-bond donors (Lipinski definition) is 0. The van der Waals surface area contributed by atoms with Gasteiger partial charge >= 0.3 is 0 Å². The van der Waals surface area contributed by atoms with Crippen molar-refractivity contribution in [3.63, 3.8) is 0 Å². The minimum Gasteiger partial charge on any atom is -0.497 e. The van der Waals surface area contributed by atoms with E-state index in [1.165, 1.54) is 16.7 Å². The van der Waals surface area contributed by atoms with E-state index in [0.29, 0.717) is 11.8 Å². The largest absolute Gasteiger partial charge is 0.497 e. The monoisotopic (exact) mass is 256 g/mol. The normalized spacial score (nSPS) is 31.3. The number of benzene rings is 1. The summed E-state index contributed by atoms with van der Waals surface area (Å²) >= 11 is 0. The van der Waals surface area contributed by atoms with Crippen LogP contribution in [0.4, 0.5) is 0 Å². The molecule has 0 radical (unpaired) electrons. The average Bonchev–Trinajstić information content (AvgIpc) is 2.84. The Labute approximate surface area is 114 Å². The highest BCUT2D eigenvalue weighted by molar-refractivity contribution is 5.52. The molecule has 0 aliphatic heterocycles. The predicted molar refractivity (Wildman–Crippen MR) is 76.2 cm³/mol. The first-order valence-corrected chi connectivity index (χ1v) is 6.70. The zero-order valence-corrected chi connectivity index (χ0v) is 11.9. The molecule has 0 unspecified atom stereocenters. The minimum atomic E-state index is -0.159. The van der Waals surface area contributed by atoms with Crippen molar-refractivity contribution in [1.29, 1.82) is 0 Å². The van der Waals surface area contributed by atoms with Crippen molar-refractivity contribution < 1.29 is 9.47 Å². The van der Waals surface area contributed by atoms with Crippen molar-refractivity contribution in [2.75, 3.05) is 14.2 Å². The molecule has 0 heterocycles. The molecule has 0 spiro atoms. The average molecular weight is 256 g/mol. The van der Waals surface area contributed by atoms with Gasteiger partial charge in [-0.2, -0.15) is 0 Å². The summed E-state index contributed by atoms with van der Waals surface area (Å²) in [5, 5.41) is 0. The molecule has 3 atom stereocenters. The van der Waals surface area contributed by atoms with Crippen LogP contribution in [0.2, 0.25) is 0 Å². The molecule has 0 saturated heterocycles. The Bertz CT molecular complexity index is 549. The molecule has 100 valence electrons. The van der Waals surface area contributed by atoms with E-state index >= 15 is 0 Å². The second-order valence-electron chi connectivity index (χ2n) is 5.54. The lowest BCUT2D eigenvalue weighted by Gasteiger charge is -2.20. The van der Waals surface area contributed by atoms with Crippen LogP contribution < -0.4 is 4.74 Å². The van der Waals surface area contributed by atoms with Crippen molar-refractivity contribution in [1.82, 2.24) is 0 Å². The fraction of sp³-hybridized carbons (Fsp3) is 0.412. The zero-order valence-electron chi connectivity index (χ0n) is 11.9. The van der Waals surface area contributed by atoms with Crippen LogP contribution in [0.25, 0.3) is 0 Å². The molecule has 1 aromatic carbocycles. The molecule has 0 bridgehead atoms. The number of rotatable bonds is 3. The van der Waals surface area contributed by atoms with Gasteiger partial charge in [-0.05, 0) is 37.1 Å². The molecule has 1 saturated carbocycles. The van der Waals surface area contributed by atoms with Crippen LogP contribution in [-0.4, -0.2) is 14.2 Å². The van der Waals surface area contributed by atoms with Crippen LogP contribution in [0.3, 0.4) is 0 Å². The molecule has 2 aliphatic carbocycles. The van der Waals surface area contributed by atoms with Gasteiger partial charge in [0.15, 0.2) is 0 Å². The van der Waals surface area contributed by atoms with Gasteiger partial charge in [0.2, 0.25) is 0 Å². The van der Waals surface area contributed by atoms with Gasteiger partial charge in [-0.25, -0.2) is 0 Å². The van der Waals surface area contributed by atoms with Crippen molar-refractivity contribution in [2.45, 2.75) is 19.4 Å². The maximum Gasteiger partial charge on any atom is 0.118 e. The van der Waals surface area contributed by atoms with E-state index in [1.54, 1.807) is 7.11 Å². The summed E-state index contributed by atoms with van der Waals surface area (Å²) in [4.78, 5) is 0. The standard InChI is InChI=1S/C17H20O2/c1-11(2)14-9-10-15-16(14)17(15,19-4)12-5-7-13(18-3)8-6-12/h5-10,15-16H,1-4H3/t15-,16+,17+/m0/s1. The van der Waals surface area contributed by atoms with E-state index in [1.807, 2.05) is 19.2 Å². The Hall–Kier alpha value is -1.54. The third-order valence-corrected chi connectivity index (χ3v) is 4.48. The second-order valence-corrected chi connectivity index (χ2v) is 5.54. The van der Waals surface area contributed by atoms with Crippen LogP contribution in [0.1, 0.15) is 19.4 Å². The number of methoxy groups -OCH3 is 2. The zero-order chi connectivity index (χ0) is 13.6. The van der Waals surface area contributed by atoms with Crippen LogP contribution in [0.5, 0.6) is 5.75 Å². The summed E-state index contributed by atoms with van der Waals surface area (Å²) in [5.74, 6) is 1.85. The summed E-state index contributed by atoms with van der Waals surface area (Å²) in [6, 6.07) is 8.26. The predicted octanol–water partition coefficient (Wildman–Crippen LogP) is 3.69. The quantitative estimate of drug-likeness (QED) is 0.821. The summed E-state index contributed by atoms with van der Waals surface area (Å²) in [7, 11) is 3.51. The Kier molecular flexibility index (Phi) is 2.79. The van der Waals surface area contributed by atoms with Gasteiger partial charge in [0.05, 0.1) is 7.11 Å². The van der Waals surface area contributed by atoms with E-state index in [-0.39, 0.29) is 5.60 Å². The number of fused-ring (bicyclic) bond motifs is 1. The SMILES string of the molecule is COc1ccc([C@]2(OC)[C@@H]3C(=C(C)C)C=C[C@@H]32)cc1. The van der Waals surface area contributed by atoms with Crippen molar-refractivity contribution in [3.8, 4) is 5.75 Å². The highest BCUT2D eigenvalue weighted by Crippen LogP contribution is 2.67. The van der Waals surface area contributed by atoms with Gasteiger partial charge in [-0.3, -0.25) is 0 Å². The summed E-state index contributed by atoms with van der Waals surface area (Å²) in [6.07, 6.45) is 4.55. The molecule has 1 fully saturated rings. The Morgan fingerprint density at radius 3 is 2.32 bits per heavy atom. The molecular formula is C17H20O2. The van der Waals surface area contributed by atoms with Gasteiger partial charge in [0, 0.05) is 18.9 Å². The topological polar surface area (TPSA) is 18.5 Å². The van der Waals surface area contributed by atoms with Crippen molar-refractivity contribution in [3.05, 3.63) is 53.1 Å². The molecule has 19 heavy (non-hydrogen) atoms. The van der Waals surface area contributed by atoms with E-state index < -0.39 is 0 Å². The molecule has 3 rings (SSSR count). The molecule has 0 amide bonds. The number of allylic oxidation sites excluding steroid dienone is 2. The first kappa shape index (κ1) is 12.5. The van der Waals surface area contributed by atoms with Crippen LogP contribution in [0.15, 0.2) is 47.6 Å².